The molecule has 34 heavy (non-hydrogen) atoms. The number of amides is 1. The van der Waals surface area contributed by atoms with Crippen LogP contribution in [0.25, 0.3) is 0 Å². The summed E-state index contributed by atoms with van der Waals surface area (Å²) < 4.78 is 21.7. The highest BCUT2D eigenvalue weighted by atomic mass is 16.6. The van der Waals surface area contributed by atoms with Crippen LogP contribution in [-0.4, -0.2) is 46.8 Å². The molecule has 0 aliphatic carbocycles. The van der Waals surface area contributed by atoms with Crippen LogP contribution < -0.4 is 14.2 Å². The predicted molar refractivity (Wildman–Crippen MR) is 123 cm³/mol. The number of hydrogen-bond donors (Lipinski definition) is 1. The largest absolute Gasteiger partial charge is 0.497 e. The normalized spacial score (nSPS) is 11.5. The standard InChI is InChI=1S/C25H28N2O7/c1-16(24(28)29)27(25(30)34-22-11-9-20(31-4)10-12-22)15-19-5-7-21(8-6-19)32-14-13-23-17(2)33-18(3)26-23/h5-12,16H,13-15H2,1-4H3,(H,28,29)/t16-/m0/s1. The lowest BCUT2D eigenvalue weighted by Crippen LogP contribution is -2.44. The minimum absolute atomic E-state index is 0.0557. The number of carbonyl (C=O) groups excluding carboxylic acids is 1. The Balaban J connectivity index is 1.61. The number of hydrogen-bond acceptors (Lipinski definition) is 7. The fourth-order valence-corrected chi connectivity index (χ4v) is 3.25. The molecular formula is C25H28N2O7. The molecule has 9 heteroatoms. The number of benzene rings is 2. The molecule has 0 bridgehead atoms. The van der Waals surface area contributed by atoms with E-state index in [4.69, 9.17) is 18.6 Å². The molecule has 3 rings (SSSR count). The van der Waals surface area contributed by atoms with Crippen LogP contribution in [0.1, 0.15) is 29.8 Å². The molecule has 0 saturated carbocycles. The van der Waals surface area contributed by atoms with Gasteiger partial charge in [-0.1, -0.05) is 12.1 Å². The zero-order valence-corrected chi connectivity index (χ0v) is 19.6. The third-order valence-electron chi connectivity index (χ3n) is 5.21. The Bertz CT molecular complexity index is 1110. The molecule has 2 aromatic carbocycles. The van der Waals surface area contributed by atoms with Gasteiger partial charge in [-0.3, -0.25) is 4.90 Å². The zero-order chi connectivity index (χ0) is 24.7. The molecule has 3 aromatic rings. The molecule has 1 heterocycles. The lowest BCUT2D eigenvalue weighted by molar-refractivity contribution is -0.142. The van der Waals surface area contributed by atoms with E-state index in [0.29, 0.717) is 30.4 Å². The van der Waals surface area contributed by atoms with Gasteiger partial charge in [-0.15, -0.1) is 0 Å². The first kappa shape index (κ1) is 24.6. The van der Waals surface area contributed by atoms with Crippen LogP contribution in [-0.2, 0) is 17.8 Å². The topological polar surface area (TPSA) is 111 Å². The maximum Gasteiger partial charge on any atom is 0.416 e. The number of aliphatic carboxylic acids is 1. The molecule has 180 valence electrons. The van der Waals surface area contributed by atoms with Gasteiger partial charge >= 0.3 is 12.1 Å². The minimum Gasteiger partial charge on any atom is -0.497 e. The van der Waals surface area contributed by atoms with Crippen molar-refractivity contribution >= 4 is 12.1 Å². The van der Waals surface area contributed by atoms with E-state index < -0.39 is 18.1 Å². The van der Waals surface area contributed by atoms with E-state index in [2.05, 4.69) is 4.98 Å². The molecule has 0 unspecified atom stereocenters. The van der Waals surface area contributed by atoms with Gasteiger partial charge in [0.25, 0.3) is 0 Å². The summed E-state index contributed by atoms with van der Waals surface area (Å²) in [5, 5.41) is 9.47. The van der Waals surface area contributed by atoms with Gasteiger partial charge in [0.05, 0.1) is 19.4 Å². The highest BCUT2D eigenvalue weighted by Gasteiger charge is 2.27. The molecule has 0 spiro atoms. The predicted octanol–water partition coefficient (Wildman–Crippen LogP) is 4.40. The summed E-state index contributed by atoms with van der Waals surface area (Å²) in [6, 6.07) is 12.5. The summed E-state index contributed by atoms with van der Waals surface area (Å²) in [4.78, 5) is 29.8. The molecule has 1 atom stereocenters. The first-order chi connectivity index (χ1) is 16.3. The molecule has 1 N–H and O–H groups in total. The quantitative estimate of drug-likeness (QED) is 0.466. The monoisotopic (exact) mass is 468 g/mol. The van der Waals surface area contributed by atoms with Crippen molar-refractivity contribution in [3.63, 3.8) is 0 Å². The van der Waals surface area contributed by atoms with Crippen LogP contribution >= 0.6 is 0 Å². The van der Waals surface area contributed by atoms with Crippen molar-refractivity contribution in [2.75, 3.05) is 13.7 Å². The second-order valence-electron chi connectivity index (χ2n) is 7.66. The molecule has 0 aliphatic rings. The van der Waals surface area contributed by atoms with Crippen molar-refractivity contribution in [3.05, 3.63) is 71.4 Å². The number of carboxylic acid groups (broad SMARTS) is 1. The number of aromatic nitrogens is 1. The van der Waals surface area contributed by atoms with Crippen LogP contribution in [0, 0.1) is 13.8 Å². The first-order valence-electron chi connectivity index (χ1n) is 10.8. The van der Waals surface area contributed by atoms with Crippen molar-refractivity contribution < 1.29 is 33.3 Å². The number of rotatable bonds is 10. The lowest BCUT2D eigenvalue weighted by Gasteiger charge is -2.25. The van der Waals surface area contributed by atoms with Gasteiger partial charge in [-0.2, -0.15) is 0 Å². The second-order valence-corrected chi connectivity index (χ2v) is 7.66. The smallest absolute Gasteiger partial charge is 0.416 e. The average molecular weight is 469 g/mol. The Hall–Kier alpha value is -4.01. The molecule has 1 aromatic heterocycles. The molecule has 1 amide bonds. The van der Waals surface area contributed by atoms with Crippen LogP contribution in [0.15, 0.2) is 52.9 Å². The van der Waals surface area contributed by atoms with E-state index in [9.17, 15) is 14.7 Å². The van der Waals surface area contributed by atoms with E-state index in [1.165, 1.54) is 14.0 Å². The van der Waals surface area contributed by atoms with Crippen LogP contribution in [0.5, 0.6) is 17.2 Å². The van der Waals surface area contributed by atoms with Gasteiger partial charge < -0.3 is 23.7 Å². The van der Waals surface area contributed by atoms with Gasteiger partial charge in [0.2, 0.25) is 0 Å². The van der Waals surface area contributed by atoms with E-state index >= 15 is 0 Å². The van der Waals surface area contributed by atoms with Gasteiger partial charge in [-0.05, 0) is 55.8 Å². The average Bonchev–Trinajstić information content (AvgIpc) is 3.15. The van der Waals surface area contributed by atoms with E-state index in [-0.39, 0.29) is 12.3 Å². The van der Waals surface area contributed by atoms with Crippen LogP contribution in [0.4, 0.5) is 4.79 Å². The van der Waals surface area contributed by atoms with Crippen molar-refractivity contribution in [1.82, 2.24) is 9.88 Å². The van der Waals surface area contributed by atoms with Crippen LogP contribution in [0.2, 0.25) is 0 Å². The summed E-state index contributed by atoms with van der Waals surface area (Å²) in [6.45, 7) is 5.59. The number of carbonyl (C=O) groups is 2. The minimum atomic E-state index is -1.13. The number of methoxy groups -OCH3 is 1. The van der Waals surface area contributed by atoms with E-state index in [1.54, 1.807) is 55.5 Å². The maximum atomic E-state index is 12.8. The maximum absolute atomic E-state index is 12.8. The second kappa shape index (κ2) is 11.2. The fourth-order valence-electron chi connectivity index (χ4n) is 3.25. The van der Waals surface area contributed by atoms with Gasteiger partial charge in [-0.25, -0.2) is 14.6 Å². The Morgan fingerprint density at radius 2 is 1.65 bits per heavy atom. The summed E-state index contributed by atoms with van der Waals surface area (Å²) in [7, 11) is 1.53. The molecule has 0 fully saturated rings. The van der Waals surface area contributed by atoms with Crippen molar-refractivity contribution in [1.29, 1.82) is 0 Å². The third-order valence-corrected chi connectivity index (χ3v) is 5.21. The summed E-state index contributed by atoms with van der Waals surface area (Å²) >= 11 is 0. The van der Waals surface area contributed by atoms with Gasteiger partial charge in [0.1, 0.15) is 29.1 Å². The van der Waals surface area contributed by atoms with Gasteiger partial charge in [0.15, 0.2) is 5.89 Å². The zero-order valence-electron chi connectivity index (χ0n) is 19.6. The SMILES string of the molecule is COc1ccc(OC(=O)N(Cc2ccc(OCCc3nc(C)oc3C)cc2)[C@@H](C)C(=O)O)cc1. The third kappa shape index (κ3) is 6.50. The van der Waals surface area contributed by atoms with Crippen molar-refractivity contribution in [2.24, 2.45) is 0 Å². The number of nitrogens with zero attached hydrogens (tertiary/aromatic N) is 2. The summed E-state index contributed by atoms with van der Waals surface area (Å²) in [5.74, 6) is 1.83. The number of carboxylic acids is 1. The summed E-state index contributed by atoms with van der Waals surface area (Å²) in [6.07, 6.45) is -0.148. The molecular weight excluding hydrogens is 440 g/mol. The Morgan fingerprint density at radius 1 is 1.03 bits per heavy atom. The Labute approximate surface area is 197 Å². The lowest BCUT2D eigenvalue weighted by atomic mass is 10.2. The van der Waals surface area contributed by atoms with Gasteiger partial charge in [0, 0.05) is 19.9 Å². The van der Waals surface area contributed by atoms with Crippen molar-refractivity contribution in [3.8, 4) is 17.2 Å². The Kier molecular flexibility index (Phi) is 8.13. The number of aryl methyl sites for hydroxylation is 2. The molecule has 0 radical (unpaired) electrons. The Morgan fingerprint density at radius 3 is 2.21 bits per heavy atom. The van der Waals surface area contributed by atoms with E-state index in [0.717, 1.165) is 21.9 Å². The highest BCUT2D eigenvalue weighted by molar-refractivity contribution is 5.80. The fraction of sp³-hybridized carbons (Fsp3) is 0.320. The number of oxazole rings is 1. The van der Waals surface area contributed by atoms with E-state index in [1.807, 2.05) is 6.92 Å². The first-order valence-corrected chi connectivity index (χ1v) is 10.8. The number of ether oxygens (including phenoxy) is 3. The van der Waals surface area contributed by atoms with Crippen LogP contribution in [0.3, 0.4) is 0 Å². The molecule has 9 nitrogen and oxygen atoms in total. The van der Waals surface area contributed by atoms with Crippen molar-refractivity contribution in [2.45, 2.75) is 39.8 Å². The molecule has 0 aliphatic heterocycles. The highest BCUT2D eigenvalue weighted by Crippen LogP contribution is 2.20. The summed E-state index contributed by atoms with van der Waals surface area (Å²) in [5.41, 5.74) is 1.60. The molecule has 0 saturated heterocycles.